The Balaban J connectivity index is 1.29. The maximum absolute atomic E-state index is 13.0. The van der Waals surface area contributed by atoms with Crippen LogP contribution < -0.4 is 20.1 Å². The standard InChI is InChI=1S/C26H31N3O5/c1-4-16-13-26(16,25(31)33-5-2)29-24(30)22-11-18(14-27-22)34-23-12-20(15-6-7-15)28-21-10-17(32-3)8-9-19(21)23/h4,8-10,12,15-16,18,22,27H,1,5-7,11,13-14H2,2-3H3,(H,29,30)/t16?,18-,22+,26-/m1/s1. The minimum absolute atomic E-state index is 0.107. The summed E-state index contributed by atoms with van der Waals surface area (Å²) in [6, 6.07) is 7.38. The molecule has 8 nitrogen and oxygen atoms in total. The predicted octanol–water partition coefficient (Wildman–Crippen LogP) is 2.85. The second kappa shape index (κ2) is 8.91. The lowest BCUT2D eigenvalue weighted by molar-refractivity contribution is -0.149. The lowest BCUT2D eigenvalue weighted by Gasteiger charge is -2.20. The Morgan fingerprint density at radius 2 is 2.15 bits per heavy atom. The highest BCUT2D eigenvalue weighted by atomic mass is 16.5. The number of carbonyl (C=O) groups excluding carboxylic acids is 2. The highest BCUT2D eigenvalue weighted by Gasteiger charge is 2.61. The molecule has 2 aromatic rings. The fourth-order valence-corrected chi connectivity index (χ4v) is 4.75. The molecule has 3 fully saturated rings. The van der Waals surface area contributed by atoms with E-state index in [4.69, 9.17) is 19.2 Å². The number of nitrogens with one attached hydrogen (secondary N) is 2. The molecular formula is C26H31N3O5. The number of hydrogen-bond acceptors (Lipinski definition) is 7. The topological polar surface area (TPSA) is 98.8 Å². The highest BCUT2D eigenvalue weighted by Crippen LogP contribution is 2.46. The first kappa shape index (κ1) is 22.7. The van der Waals surface area contributed by atoms with Crippen molar-refractivity contribution in [3.8, 4) is 11.5 Å². The zero-order valence-corrected chi connectivity index (χ0v) is 19.6. The van der Waals surface area contributed by atoms with Gasteiger partial charge in [0.2, 0.25) is 5.91 Å². The van der Waals surface area contributed by atoms with Crippen LogP contribution in [0.1, 0.15) is 44.2 Å². The first-order valence-corrected chi connectivity index (χ1v) is 12.0. The normalized spacial score (nSPS) is 27.8. The van der Waals surface area contributed by atoms with Gasteiger partial charge in [0.1, 0.15) is 23.1 Å². The Morgan fingerprint density at radius 3 is 2.82 bits per heavy atom. The van der Waals surface area contributed by atoms with E-state index in [2.05, 4.69) is 17.2 Å². The molecule has 3 aliphatic rings. The van der Waals surface area contributed by atoms with Crippen molar-refractivity contribution in [1.29, 1.82) is 0 Å². The lowest BCUT2D eigenvalue weighted by Crippen LogP contribution is -2.51. The summed E-state index contributed by atoms with van der Waals surface area (Å²) in [7, 11) is 1.64. The zero-order valence-electron chi connectivity index (χ0n) is 19.6. The van der Waals surface area contributed by atoms with E-state index >= 15 is 0 Å². The van der Waals surface area contributed by atoms with Crippen LogP contribution in [0, 0.1) is 5.92 Å². The van der Waals surface area contributed by atoms with E-state index in [1.807, 2.05) is 24.3 Å². The number of amides is 1. The maximum atomic E-state index is 13.0. The molecule has 1 amide bonds. The Hall–Kier alpha value is -3.13. The van der Waals surface area contributed by atoms with Gasteiger partial charge in [0.05, 0.1) is 25.3 Å². The molecule has 34 heavy (non-hydrogen) atoms. The van der Waals surface area contributed by atoms with Crippen molar-refractivity contribution >= 4 is 22.8 Å². The number of carbonyl (C=O) groups is 2. The van der Waals surface area contributed by atoms with Gasteiger partial charge in [0.15, 0.2) is 0 Å². The molecule has 8 heteroatoms. The minimum Gasteiger partial charge on any atom is -0.497 e. The molecule has 1 unspecified atom stereocenters. The molecule has 5 rings (SSSR count). The molecule has 1 aromatic carbocycles. The van der Waals surface area contributed by atoms with E-state index < -0.39 is 17.6 Å². The van der Waals surface area contributed by atoms with Crippen LogP contribution in [0.5, 0.6) is 11.5 Å². The molecule has 1 saturated heterocycles. The van der Waals surface area contributed by atoms with Crippen LogP contribution in [-0.4, -0.2) is 54.8 Å². The molecule has 4 atom stereocenters. The van der Waals surface area contributed by atoms with Crippen LogP contribution in [0.4, 0.5) is 0 Å². The summed E-state index contributed by atoms with van der Waals surface area (Å²) in [5.41, 5.74) is 0.894. The van der Waals surface area contributed by atoms with Crippen LogP contribution in [-0.2, 0) is 14.3 Å². The van der Waals surface area contributed by atoms with E-state index in [9.17, 15) is 9.59 Å². The molecular weight excluding hydrogens is 434 g/mol. The van der Waals surface area contributed by atoms with Crippen molar-refractivity contribution in [2.45, 2.75) is 56.2 Å². The summed E-state index contributed by atoms with van der Waals surface area (Å²) in [6.07, 6.45) is 4.83. The summed E-state index contributed by atoms with van der Waals surface area (Å²) >= 11 is 0. The van der Waals surface area contributed by atoms with E-state index in [0.717, 1.165) is 40.9 Å². The van der Waals surface area contributed by atoms with E-state index in [1.54, 1.807) is 20.1 Å². The van der Waals surface area contributed by atoms with Gasteiger partial charge in [-0.2, -0.15) is 0 Å². The van der Waals surface area contributed by atoms with Gasteiger partial charge in [-0.3, -0.25) is 9.78 Å². The molecule has 1 aromatic heterocycles. The van der Waals surface area contributed by atoms with Gasteiger partial charge in [0.25, 0.3) is 0 Å². The number of benzene rings is 1. The number of esters is 1. The van der Waals surface area contributed by atoms with Gasteiger partial charge < -0.3 is 24.8 Å². The van der Waals surface area contributed by atoms with E-state index in [-0.39, 0.29) is 24.5 Å². The number of rotatable bonds is 9. The first-order valence-electron chi connectivity index (χ1n) is 12.0. The average Bonchev–Trinajstić information content (AvgIpc) is 3.76. The fraction of sp³-hybridized carbons (Fsp3) is 0.500. The van der Waals surface area contributed by atoms with Crippen molar-refractivity contribution in [2.24, 2.45) is 5.92 Å². The van der Waals surface area contributed by atoms with E-state index in [1.165, 1.54) is 0 Å². The largest absolute Gasteiger partial charge is 0.497 e. The predicted molar refractivity (Wildman–Crippen MR) is 127 cm³/mol. The second-order valence-corrected chi connectivity index (χ2v) is 9.37. The molecule has 0 radical (unpaired) electrons. The molecule has 0 spiro atoms. The third-order valence-electron chi connectivity index (χ3n) is 6.98. The van der Waals surface area contributed by atoms with E-state index in [0.29, 0.717) is 25.3 Å². The Morgan fingerprint density at radius 1 is 1.32 bits per heavy atom. The molecule has 0 bridgehead atoms. The number of hydrogen-bond donors (Lipinski definition) is 2. The van der Waals surface area contributed by atoms with Gasteiger partial charge >= 0.3 is 5.97 Å². The quantitative estimate of drug-likeness (QED) is 0.434. The monoisotopic (exact) mass is 465 g/mol. The molecule has 180 valence electrons. The van der Waals surface area contributed by atoms with Crippen molar-refractivity contribution < 1.29 is 23.8 Å². The number of nitrogens with zero attached hydrogens (tertiary/aromatic N) is 1. The number of fused-ring (bicyclic) bond motifs is 1. The summed E-state index contributed by atoms with van der Waals surface area (Å²) in [5.74, 6) is 1.29. The number of aromatic nitrogens is 1. The molecule has 1 aliphatic heterocycles. The third-order valence-corrected chi connectivity index (χ3v) is 6.98. The van der Waals surface area contributed by atoms with Crippen molar-refractivity contribution in [1.82, 2.24) is 15.6 Å². The average molecular weight is 466 g/mol. The summed E-state index contributed by atoms with van der Waals surface area (Å²) in [4.78, 5) is 30.3. The Labute approximate surface area is 199 Å². The summed E-state index contributed by atoms with van der Waals surface area (Å²) < 4.78 is 17.0. The summed E-state index contributed by atoms with van der Waals surface area (Å²) in [5, 5.41) is 7.10. The van der Waals surface area contributed by atoms with Crippen LogP contribution >= 0.6 is 0 Å². The zero-order chi connectivity index (χ0) is 23.9. The molecule has 2 aliphatic carbocycles. The number of methoxy groups -OCH3 is 1. The van der Waals surface area contributed by atoms with Crippen LogP contribution in [0.15, 0.2) is 36.9 Å². The maximum Gasteiger partial charge on any atom is 0.332 e. The van der Waals surface area contributed by atoms with Gasteiger partial charge in [0, 0.05) is 48.0 Å². The number of ether oxygens (including phenoxy) is 3. The molecule has 2 N–H and O–H groups in total. The second-order valence-electron chi connectivity index (χ2n) is 9.37. The summed E-state index contributed by atoms with van der Waals surface area (Å²) in [6.45, 7) is 6.34. The third kappa shape index (κ3) is 4.22. The fourth-order valence-electron chi connectivity index (χ4n) is 4.75. The van der Waals surface area contributed by atoms with Crippen LogP contribution in [0.2, 0.25) is 0 Å². The van der Waals surface area contributed by atoms with Gasteiger partial charge in [-0.1, -0.05) is 6.08 Å². The van der Waals surface area contributed by atoms with Gasteiger partial charge in [-0.15, -0.1) is 6.58 Å². The molecule has 2 saturated carbocycles. The Bertz CT molecular complexity index is 1130. The van der Waals surface area contributed by atoms with Gasteiger partial charge in [-0.05, 0) is 38.3 Å². The SMILES string of the molecule is C=CC1C[C@]1(NC(=O)[C@@H]1C[C@@H](Oc2cc(C3CC3)nc3cc(OC)ccc23)CN1)C(=O)OCC. The van der Waals surface area contributed by atoms with Crippen molar-refractivity contribution in [2.75, 3.05) is 20.3 Å². The van der Waals surface area contributed by atoms with Crippen molar-refractivity contribution in [3.05, 3.63) is 42.6 Å². The Kier molecular flexibility index (Phi) is 5.93. The first-order chi connectivity index (χ1) is 16.5. The smallest absolute Gasteiger partial charge is 0.332 e. The lowest BCUT2D eigenvalue weighted by atomic mass is 10.1. The minimum atomic E-state index is -0.991. The van der Waals surface area contributed by atoms with Crippen LogP contribution in [0.3, 0.4) is 0 Å². The van der Waals surface area contributed by atoms with Gasteiger partial charge in [-0.25, -0.2) is 4.79 Å². The number of pyridine rings is 1. The highest BCUT2D eigenvalue weighted by molar-refractivity contribution is 5.93. The van der Waals surface area contributed by atoms with Crippen molar-refractivity contribution in [3.63, 3.8) is 0 Å². The van der Waals surface area contributed by atoms with Crippen LogP contribution in [0.25, 0.3) is 10.9 Å². The molecule has 2 heterocycles.